The molecule has 1 aromatic carbocycles. The van der Waals surface area contributed by atoms with Crippen molar-refractivity contribution in [1.82, 2.24) is 20.4 Å². The van der Waals surface area contributed by atoms with Gasteiger partial charge in [-0.25, -0.2) is 9.78 Å². The van der Waals surface area contributed by atoms with Crippen molar-refractivity contribution >= 4 is 23.1 Å². The topological polar surface area (TPSA) is 92.9 Å². The summed E-state index contributed by atoms with van der Waals surface area (Å²) in [6.45, 7) is 10.8. The second kappa shape index (κ2) is 8.73. The molecular weight excluding hydrogens is 386 g/mol. The number of hydrogen-bond acceptors (Lipinski definition) is 6. The van der Waals surface area contributed by atoms with Crippen LogP contribution in [0.5, 0.6) is 0 Å². The third kappa shape index (κ3) is 5.63. The van der Waals surface area contributed by atoms with Gasteiger partial charge < -0.3 is 15.2 Å². The first-order valence-electron chi connectivity index (χ1n) is 9.66. The van der Waals surface area contributed by atoms with Gasteiger partial charge in [-0.05, 0) is 24.3 Å². The van der Waals surface area contributed by atoms with Gasteiger partial charge in [-0.1, -0.05) is 39.8 Å². The molecule has 2 N–H and O–H groups in total. The van der Waals surface area contributed by atoms with E-state index in [1.54, 1.807) is 11.3 Å². The largest absolute Gasteiger partial charge is 0.338 e. The standard InChI is InChI=1S/C21H27N5O2S/c1-13(2)18-23-16(12-29-18)10-11-22-20(27)24-15-8-6-14(7-9-15)17-25-19(28-26-17)21(3,4)5/h6-9,12-13H,10-11H2,1-5H3,(H2,22,24,27). The van der Waals surface area contributed by atoms with E-state index >= 15 is 0 Å². The fourth-order valence-corrected chi connectivity index (χ4v) is 3.40. The number of rotatable bonds is 6. The average molecular weight is 414 g/mol. The van der Waals surface area contributed by atoms with E-state index in [0.717, 1.165) is 16.3 Å². The number of carbonyl (C=O) groups is 1. The maximum Gasteiger partial charge on any atom is 0.319 e. The number of amides is 2. The Bertz CT molecular complexity index is 954. The first-order valence-corrected chi connectivity index (χ1v) is 10.5. The normalized spacial score (nSPS) is 11.7. The van der Waals surface area contributed by atoms with Gasteiger partial charge in [0.05, 0.1) is 10.7 Å². The Kier molecular flexibility index (Phi) is 6.32. The molecule has 2 aromatic heterocycles. The number of aromatic nitrogens is 3. The van der Waals surface area contributed by atoms with E-state index < -0.39 is 0 Å². The van der Waals surface area contributed by atoms with Crippen molar-refractivity contribution in [3.63, 3.8) is 0 Å². The van der Waals surface area contributed by atoms with E-state index in [1.807, 2.05) is 45.0 Å². The lowest BCUT2D eigenvalue weighted by Crippen LogP contribution is -2.30. The summed E-state index contributed by atoms with van der Waals surface area (Å²) in [6, 6.07) is 7.10. The maximum absolute atomic E-state index is 12.1. The predicted octanol–water partition coefficient (Wildman–Crippen LogP) is 4.98. The van der Waals surface area contributed by atoms with Crippen LogP contribution in [0, 0.1) is 0 Å². The maximum atomic E-state index is 12.1. The van der Waals surface area contributed by atoms with Crippen molar-refractivity contribution in [3.8, 4) is 11.4 Å². The van der Waals surface area contributed by atoms with Crippen LogP contribution < -0.4 is 10.6 Å². The highest BCUT2D eigenvalue weighted by Gasteiger charge is 2.22. The van der Waals surface area contributed by atoms with E-state index in [0.29, 0.717) is 36.3 Å². The van der Waals surface area contributed by atoms with Gasteiger partial charge in [0.25, 0.3) is 0 Å². The molecule has 0 saturated carbocycles. The van der Waals surface area contributed by atoms with Crippen LogP contribution in [0.2, 0.25) is 0 Å². The number of benzene rings is 1. The van der Waals surface area contributed by atoms with Crippen LogP contribution in [0.25, 0.3) is 11.4 Å². The van der Waals surface area contributed by atoms with E-state index in [1.165, 1.54) is 0 Å². The minimum atomic E-state index is -0.244. The molecular formula is C21H27N5O2S. The summed E-state index contributed by atoms with van der Waals surface area (Å²) in [7, 11) is 0. The summed E-state index contributed by atoms with van der Waals surface area (Å²) >= 11 is 1.66. The van der Waals surface area contributed by atoms with Crippen molar-refractivity contribution < 1.29 is 9.32 Å². The molecule has 2 heterocycles. The molecule has 0 saturated heterocycles. The number of urea groups is 1. The molecule has 3 rings (SSSR count). The van der Waals surface area contributed by atoms with Crippen LogP contribution in [-0.4, -0.2) is 27.7 Å². The molecule has 0 fully saturated rings. The van der Waals surface area contributed by atoms with Crippen LogP contribution in [0.1, 0.15) is 57.1 Å². The van der Waals surface area contributed by atoms with E-state index in [9.17, 15) is 4.79 Å². The third-order valence-corrected chi connectivity index (χ3v) is 5.39. The zero-order valence-corrected chi connectivity index (χ0v) is 18.3. The average Bonchev–Trinajstić information content (AvgIpc) is 3.32. The minimum absolute atomic E-state index is 0.195. The third-order valence-electron chi connectivity index (χ3n) is 4.20. The molecule has 154 valence electrons. The molecule has 0 bridgehead atoms. The summed E-state index contributed by atoms with van der Waals surface area (Å²) in [6.07, 6.45) is 0.712. The van der Waals surface area contributed by atoms with Crippen LogP contribution in [0.15, 0.2) is 34.2 Å². The van der Waals surface area contributed by atoms with Gasteiger partial charge in [-0.3, -0.25) is 0 Å². The van der Waals surface area contributed by atoms with Gasteiger partial charge in [0.1, 0.15) is 0 Å². The molecule has 0 unspecified atom stereocenters. The molecule has 29 heavy (non-hydrogen) atoms. The Morgan fingerprint density at radius 1 is 1.17 bits per heavy atom. The second-order valence-corrected chi connectivity index (χ2v) is 9.10. The Labute approximate surface area is 175 Å². The number of nitrogens with zero attached hydrogens (tertiary/aromatic N) is 3. The molecule has 0 aliphatic rings. The Hall–Kier alpha value is -2.74. The molecule has 0 radical (unpaired) electrons. The summed E-state index contributed by atoms with van der Waals surface area (Å²) in [5, 5.41) is 12.9. The molecule has 0 atom stereocenters. The number of carbonyl (C=O) groups excluding carboxylic acids is 1. The van der Waals surface area contributed by atoms with Crippen LogP contribution in [-0.2, 0) is 11.8 Å². The van der Waals surface area contributed by atoms with Gasteiger partial charge >= 0.3 is 6.03 Å². The lowest BCUT2D eigenvalue weighted by atomic mass is 9.97. The zero-order chi connectivity index (χ0) is 21.0. The van der Waals surface area contributed by atoms with Crippen molar-refractivity contribution in [3.05, 3.63) is 46.2 Å². The molecule has 0 aliphatic heterocycles. The van der Waals surface area contributed by atoms with Crippen molar-refractivity contribution in [2.24, 2.45) is 0 Å². The minimum Gasteiger partial charge on any atom is -0.338 e. The summed E-state index contributed by atoms with van der Waals surface area (Å²) in [5.41, 5.74) is 2.35. The molecule has 3 aromatic rings. The van der Waals surface area contributed by atoms with Gasteiger partial charge in [-0.2, -0.15) is 4.98 Å². The highest BCUT2D eigenvalue weighted by molar-refractivity contribution is 7.09. The lowest BCUT2D eigenvalue weighted by molar-refractivity contribution is 0.252. The Balaban J connectivity index is 1.50. The zero-order valence-electron chi connectivity index (χ0n) is 17.4. The summed E-state index contributed by atoms with van der Waals surface area (Å²) in [4.78, 5) is 21.1. The fraction of sp³-hybridized carbons (Fsp3) is 0.429. The van der Waals surface area contributed by atoms with E-state index in [-0.39, 0.29) is 11.4 Å². The Morgan fingerprint density at radius 3 is 2.48 bits per heavy atom. The molecule has 0 spiro atoms. The fourth-order valence-electron chi connectivity index (χ4n) is 2.53. The smallest absolute Gasteiger partial charge is 0.319 e. The first-order chi connectivity index (χ1) is 13.7. The highest BCUT2D eigenvalue weighted by atomic mass is 32.1. The number of thiazole rings is 1. The SMILES string of the molecule is CC(C)c1nc(CCNC(=O)Nc2ccc(-c3noc(C(C)(C)C)n3)cc2)cs1. The number of nitrogens with one attached hydrogen (secondary N) is 2. The van der Waals surface area contributed by atoms with Crippen LogP contribution >= 0.6 is 11.3 Å². The Morgan fingerprint density at radius 2 is 1.90 bits per heavy atom. The summed E-state index contributed by atoms with van der Waals surface area (Å²) < 4.78 is 5.33. The second-order valence-electron chi connectivity index (χ2n) is 8.21. The number of anilines is 1. The number of hydrogen-bond donors (Lipinski definition) is 2. The summed E-state index contributed by atoms with van der Waals surface area (Å²) in [5.74, 6) is 1.56. The monoisotopic (exact) mass is 413 g/mol. The van der Waals surface area contributed by atoms with Crippen molar-refractivity contribution in [1.29, 1.82) is 0 Å². The lowest BCUT2D eigenvalue weighted by Gasteiger charge is -2.10. The van der Waals surface area contributed by atoms with Gasteiger partial charge in [0.2, 0.25) is 11.7 Å². The van der Waals surface area contributed by atoms with Crippen molar-refractivity contribution in [2.75, 3.05) is 11.9 Å². The van der Waals surface area contributed by atoms with E-state index in [2.05, 4.69) is 45.0 Å². The molecule has 2 amide bonds. The first kappa shape index (κ1) is 21.0. The predicted molar refractivity (Wildman–Crippen MR) is 115 cm³/mol. The van der Waals surface area contributed by atoms with Gasteiger partial charge in [0, 0.05) is 40.9 Å². The highest BCUT2D eigenvalue weighted by Crippen LogP contribution is 2.24. The molecule has 7 nitrogen and oxygen atoms in total. The van der Waals surface area contributed by atoms with Crippen LogP contribution in [0.4, 0.5) is 10.5 Å². The molecule has 8 heteroatoms. The van der Waals surface area contributed by atoms with E-state index in [4.69, 9.17) is 4.52 Å². The van der Waals surface area contributed by atoms with Crippen molar-refractivity contribution in [2.45, 2.75) is 52.4 Å². The van der Waals surface area contributed by atoms with Crippen LogP contribution in [0.3, 0.4) is 0 Å². The molecule has 0 aliphatic carbocycles. The quantitative estimate of drug-likeness (QED) is 0.594. The van der Waals surface area contributed by atoms with Gasteiger partial charge in [0.15, 0.2) is 0 Å². The van der Waals surface area contributed by atoms with Gasteiger partial charge in [-0.15, -0.1) is 11.3 Å².